The zero-order valence-electron chi connectivity index (χ0n) is 15.9. The SMILES string of the molecule is CCCCCc1ccc(O)c(-c2ccc3c(c2)C(=O)c2ccccc2C3=O)c1. The fourth-order valence-electron chi connectivity index (χ4n) is 3.82. The second-order valence-corrected chi connectivity index (χ2v) is 7.27. The summed E-state index contributed by atoms with van der Waals surface area (Å²) in [6.45, 7) is 2.17. The lowest BCUT2D eigenvalue weighted by Gasteiger charge is -2.18. The molecule has 0 fully saturated rings. The third-order valence-corrected chi connectivity index (χ3v) is 5.37. The normalized spacial score (nSPS) is 12.6. The molecule has 0 amide bonds. The van der Waals surface area contributed by atoms with Gasteiger partial charge < -0.3 is 5.11 Å². The first-order valence-electron chi connectivity index (χ1n) is 9.75. The van der Waals surface area contributed by atoms with Crippen LogP contribution in [0.5, 0.6) is 5.75 Å². The molecule has 0 bridgehead atoms. The second-order valence-electron chi connectivity index (χ2n) is 7.27. The van der Waals surface area contributed by atoms with Gasteiger partial charge in [-0.1, -0.05) is 56.2 Å². The van der Waals surface area contributed by atoms with E-state index >= 15 is 0 Å². The minimum absolute atomic E-state index is 0.130. The van der Waals surface area contributed by atoms with E-state index in [0.29, 0.717) is 27.8 Å². The van der Waals surface area contributed by atoms with Gasteiger partial charge in [-0.3, -0.25) is 9.59 Å². The van der Waals surface area contributed by atoms with Crippen LogP contribution in [0.1, 0.15) is 63.6 Å². The first kappa shape index (κ1) is 18.2. The zero-order valence-corrected chi connectivity index (χ0v) is 15.9. The highest BCUT2D eigenvalue weighted by Crippen LogP contribution is 2.35. The van der Waals surface area contributed by atoms with Gasteiger partial charge >= 0.3 is 0 Å². The van der Waals surface area contributed by atoms with E-state index in [9.17, 15) is 14.7 Å². The van der Waals surface area contributed by atoms with Crippen molar-refractivity contribution in [3.05, 3.63) is 88.5 Å². The summed E-state index contributed by atoms with van der Waals surface area (Å²) in [5.41, 5.74) is 4.31. The highest BCUT2D eigenvalue weighted by molar-refractivity contribution is 6.28. The minimum atomic E-state index is -0.148. The molecule has 3 aromatic carbocycles. The maximum Gasteiger partial charge on any atom is 0.194 e. The molecule has 0 heterocycles. The highest BCUT2D eigenvalue weighted by Gasteiger charge is 2.29. The summed E-state index contributed by atoms with van der Waals surface area (Å²) in [5.74, 6) is -0.103. The summed E-state index contributed by atoms with van der Waals surface area (Å²) in [4.78, 5) is 25.7. The number of aryl methyl sites for hydroxylation is 1. The first-order chi connectivity index (χ1) is 13.6. The molecule has 0 aliphatic heterocycles. The zero-order chi connectivity index (χ0) is 19.7. The Kier molecular flexibility index (Phi) is 4.82. The summed E-state index contributed by atoms with van der Waals surface area (Å²) in [5, 5.41) is 10.4. The fraction of sp³-hybridized carbons (Fsp3) is 0.200. The molecule has 1 N–H and O–H groups in total. The summed E-state index contributed by atoms with van der Waals surface area (Å²) in [6, 6.07) is 17.8. The van der Waals surface area contributed by atoms with Crippen molar-refractivity contribution in [1.82, 2.24) is 0 Å². The van der Waals surface area contributed by atoms with E-state index < -0.39 is 0 Å². The molecule has 0 saturated carbocycles. The molecule has 0 spiro atoms. The number of rotatable bonds is 5. The van der Waals surface area contributed by atoms with Crippen LogP contribution in [-0.4, -0.2) is 16.7 Å². The molecule has 4 rings (SSSR count). The number of hydrogen-bond acceptors (Lipinski definition) is 3. The molecule has 0 radical (unpaired) electrons. The van der Waals surface area contributed by atoms with E-state index in [1.54, 1.807) is 42.5 Å². The topological polar surface area (TPSA) is 54.4 Å². The van der Waals surface area contributed by atoms with Gasteiger partial charge in [-0.2, -0.15) is 0 Å². The van der Waals surface area contributed by atoms with Crippen LogP contribution in [0, 0.1) is 0 Å². The Morgan fingerprint density at radius 1 is 0.714 bits per heavy atom. The van der Waals surface area contributed by atoms with Gasteiger partial charge in [0.2, 0.25) is 0 Å². The van der Waals surface area contributed by atoms with Crippen molar-refractivity contribution in [2.24, 2.45) is 0 Å². The summed E-state index contributed by atoms with van der Waals surface area (Å²) >= 11 is 0. The van der Waals surface area contributed by atoms with Crippen LogP contribution in [0.4, 0.5) is 0 Å². The largest absolute Gasteiger partial charge is 0.507 e. The Morgan fingerprint density at radius 3 is 2.11 bits per heavy atom. The molecule has 0 unspecified atom stereocenters. The number of hydrogen-bond donors (Lipinski definition) is 1. The molecular weight excluding hydrogens is 348 g/mol. The lowest BCUT2D eigenvalue weighted by atomic mass is 9.82. The van der Waals surface area contributed by atoms with Crippen LogP contribution >= 0.6 is 0 Å². The maximum absolute atomic E-state index is 12.9. The van der Waals surface area contributed by atoms with Gasteiger partial charge in [0.25, 0.3) is 0 Å². The second kappa shape index (κ2) is 7.43. The van der Waals surface area contributed by atoms with Crippen LogP contribution in [0.25, 0.3) is 11.1 Å². The van der Waals surface area contributed by atoms with Gasteiger partial charge in [0, 0.05) is 27.8 Å². The van der Waals surface area contributed by atoms with Gasteiger partial charge in [-0.15, -0.1) is 0 Å². The van der Waals surface area contributed by atoms with Gasteiger partial charge in [0.1, 0.15) is 5.75 Å². The first-order valence-corrected chi connectivity index (χ1v) is 9.75. The lowest BCUT2D eigenvalue weighted by molar-refractivity contribution is 0.0979. The number of carbonyl (C=O) groups excluding carboxylic acids is 2. The molecule has 1 aliphatic rings. The number of benzene rings is 3. The van der Waals surface area contributed by atoms with Gasteiger partial charge in [-0.05, 0) is 48.2 Å². The molecule has 3 aromatic rings. The van der Waals surface area contributed by atoms with E-state index in [4.69, 9.17) is 0 Å². The number of fused-ring (bicyclic) bond motifs is 2. The van der Waals surface area contributed by atoms with Crippen LogP contribution < -0.4 is 0 Å². The van der Waals surface area contributed by atoms with Crippen LogP contribution in [0.2, 0.25) is 0 Å². The van der Waals surface area contributed by atoms with Gasteiger partial charge in [0.05, 0.1) is 0 Å². The summed E-state index contributed by atoms with van der Waals surface area (Å²) in [7, 11) is 0. The fourth-order valence-corrected chi connectivity index (χ4v) is 3.82. The molecule has 0 saturated heterocycles. The Labute approximate surface area is 164 Å². The lowest BCUT2D eigenvalue weighted by Crippen LogP contribution is -2.20. The summed E-state index contributed by atoms with van der Waals surface area (Å²) in [6.07, 6.45) is 4.39. The predicted octanol–water partition coefficient (Wildman–Crippen LogP) is 5.57. The molecule has 28 heavy (non-hydrogen) atoms. The third kappa shape index (κ3) is 3.13. The van der Waals surface area contributed by atoms with Crippen LogP contribution in [-0.2, 0) is 6.42 Å². The Morgan fingerprint density at radius 2 is 1.39 bits per heavy atom. The van der Waals surface area contributed by atoms with Crippen molar-refractivity contribution in [2.45, 2.75) is 32.6 Å². The van der Waals surface area contributed by atoms with E-state index in [1.807, 2.05) is 18.2 Å². The average Bonchev–Trinajstić information content (AvgIpc) is 2.73. The van der Waals surface area contributed by atoms with Gasteiger partial charge in [-0.25, -0.2) is 0 Å². The monoisotopic (exact) mass is 370 g/mol. The van der Waals surface area contributed by atoms with E-state index in [2.05, 4.69) is 6.92 Å². The smallest absolute Gasteiger partial charge is 0.194 e. The standard InChI is InChI=1S/C25H22O3/c1-2-3-4-7-16-10-13-23(26)21(14-16)17-11-12-20-22(15-17)25(28)19-9-6-5-8-18(19)24(20)27/h5-6,8-15,26H,2-4,7H2,1H3. The Balaban J connectivity index is 1.75. The van der Waals surface area contributed by atoms with Crippen molar-refractivity contribution >= 4 is 11.6 Å². The predicted molar refractivity (Wildman–Crippen MR) is 110 cm³/mol. The molecule has 1 aliphatic carbocycles. The van der Waals surface area contributed by atoms with E-state index in [1.165, 1.54) is 6.42 Å². The van der Waals surface area contributed by atoms with Crippen LogP contribution in [0.15, 0.2) is 60.7 Å². The average molecular weight is 370 g/mol. The number of ketones is 2. The van der Waals surface area contributed by atoms with Crippen molar-refractivity contribution in [1.29, 1.82) is 0 Å². The van der Waals surface area contributed by atoms with Crippen molar-refractivity contribution in [2.75, 3.05) is 0 Å². The number of phenols is 1. The molecular formula is C25H22O3. The van der Waals surface area contributed by atoms with Gasteiger partial charge in [0.15, 0.2) is 11.6 Å². The number of unbranched alkanes of at least 4 members (excludes halogenated alkanes) is 2. The van der Waals surface area contributed by atoms with Crippen molar-refractivity contribution < 1.29 is 14.7 Å². The molecule has 3 nitrogen and oxygen atoms in total. The summed E-state index contributed by atoms with van der Waals surface area (Å²) < 4.78 is 0. The quantitative estimate of drug-likeness (QED) is 0.467. The van der Waals surface area contributed by atoms with Crippen molar-refractivity contribution in [3.8, 4) is 16.9 Å². The van der Waals surface area contributed by atoms with Crippen molar-refractivity contribution in [3.63, 3.8) is 0 Å². The Bertz CT molecular complexity index is 1080. The number of carbonyl (C=O) groups is 2. The molecule has 140 valence electrons. The maximum atomic E-state index is 12.9. The molecule has 0 aromatic heterocycles. The molecule has 3 heteroatoms. The van der Waals surface area contributed by atoms with E-state index in [-0.39, 0.29) is 17.3 Å². The Hall–Kier alpha value is -3.20. The number of aromatic hydroxyl groups is 1. The van der Waals surface area contributed by atoms with Crippen LogP contribution in [0.3, 0.4) is 0 Å². The number of phenolic OH excluding ortho intramolecular Hbond substituents is 1. The third-order valence-electron chi connectivity index (χ3n) is 5.37. The minimum Gasteiger partial charge on any atom is -0.507 e. The highest BCUT2D eigenvalue weighted by atomic mass is 16.3. The molecule has 0 atom stereocenters. The van der Waals surface area contributed by atoms with E-state index in [0.717, 1.165) is 30.4 Å².